The lowest BCUT2D eigenvalue weighted by atomic mass is 9.89. The molecule has 2 aromatic heterocycles. The van der Waals surface area contributed by atoms with E-state index in [1.165, 1.54) is 0 Å². The Morgan fingerprint density at radius 1 is 1.28 bits per heavy atom. The molecule has 10 heteroatoms. The van der Waals surface area contributed by atoms with Crippen LogP contribution in [0.15, 0.2) is 36.4 Å². The molecule has 1 amide bonds. The summed E-state index contributed by atoms with van der Waals surface area (Å²) in [5, 5.41) is 2.97. The first-order valence-electron chi connectivity index (χ1n) is 10.9. The summed E-state index contributed by atoms with van der Waals surface area (Å²) in [5.41, 5.74) is 2.49. The number of nitrogens with one attached hydrogen (secondary N) is 1. The number of aromatic nitrogens is 4. The van der Waals surface area contributed by atoms with Crippen LogP contribution in [0.25, 0.3) is 5.95 Å². The molecular weight excluding hydrogens is 421 g/mol. The fraction of sp³-hybridized carbons (Fsp3) is 0.545. The molecule has 32 heavy (non-hydrogen) atoms. The lowest BCUT2D eigenvalue weighted by Gasteiger charge is -2.28. The Bertz CT molecular complexity index is 973. The molecule has 3 heterocycles. The van der Waals surface area contributed by atoms with Crippen molar-refractivity contribution < 1.29 is 18.0 Å². The normalized spacial score (nSPS) is 22.1. The number of nitrogens with zero attached hydrogens (tertiary/aromatic N) is 5. The zero-order chi connectivity index (χ0) is 22.7. The number of allylic oxidation sites excluding steroid dienone is 1. The van der Waals surface area contributed by atoms with E-state index in [1.54, 1.807) is 29.4 Å². The maximum Gasteiger partial charge on any atom is 0.392 e. The molecule has 0 spiro atoms. The topological polar surface area (TPSA) is 75.9 Å². The molecule has 0 bridgehead atoms. The second kappa shape index (κ2) is 9.40. The monoisotopic (exact) mass is 448 g/mol. The van der Waals surface area contributed by atoms with E-state index in [1.807, 2.05) is 13.0 Å². The van der Waals surface area contributed by atoms with Crippen molar-refractivity contribution in [1.29, 1.82) is 0 Å². The molecule has 1 aliphatic carbocycles. The van der Waals surface area contributed by atoms with Crippen molar-refractivity contribution in [3.05, 3.63) is 47.8 Å². The molecule has 172 valence electrons. The van der Waals surface area contributed by atoms with E-state index >= 15 is 0 Å². The Labute approximate surface area is 184 Å². The van der Waals surface area contributed by atoms with Gasteiger partial charge in [-0.25, -0.2) is 15.0 Å². The molecule has 2 aliphatic rings. The summed E-state index contributed by atoms with van der Waals surface area (Å²) >= 11 is 0. The van der Waals surface area contributed by atoms with E-state index in [0.29, 0.717) is 24.6 Å². The first kappa shape index (κ1) is 22.4. The summed E-state index contributed by atoms with van der Waals surface area (Å²) in [7, 11) is 0. The van der Waals surface area contributed by atoms with E-state index in [4.69, 9.17) is 0 Å². The van der Waals surface area contributed by atoms with Crippen molar-refractivity contribution in [2.24, 2.45) is 5.92 Å². The van der Waals surface area contributed by atoms with Crippen molar-refractivity contribution in [2.45, 2.75) is 57.8 Å². The summed E-state index contributed by atoms with van der Waals surface area (Å²) in [5.74, 6) is -0.824. The molecule has 1 saturated heterocycles. The van der Waals surface area contributed by atoms with Gasteiger partial charge in [0, 0.05) is 24.6 Å². The minimum absolute atomic E-state index is 0.0375. The molecule has 2 unspecified atom stereocenters. The van der Waals surface area contributed by atoms with Gasteiger partial charge in [-0.05, 0) is 51.6 Å². The van der Waals surface area contributed by atoms with Crippen LogP contribution in [0, 0.1) is 12.8 Å². The average molecular weight is 448 g/mol. The number of carbonyl (C=O) groups excluding carboxylic acids is 1. The highest BCUT2D eigenvalue weighted by molar-refractivity contribution is 5.82. The van der Waals surface area contributed by atoms with Gasteiger partial charge < -0.3 is 5.32 Å². The van der Waals surface area contributed by atoms with E-state index < -0.39 is 12.1 Å². The van der Waals surface area contributed by atoms with Crippen LogP contribution < -0.4 is 5.32 Å². The molecule has 7 nitrogen and oxygen atoms in total. The van der Waals surface area contributed by atoms with Gasteiger partial charge in [-0.1, -0.05) is 11.6 Å². The Morgan fingerprint density at radius 3 is 2.81 bits per heavy atom. The van der Waals surface area contributed by atoms with Gasteiger partial charge in [0.25, 0.3) is 0 Å². The molecule has 1 N–H and O–H groups in total. The van der Waals surface area contributed by atoms with E-state index in [-0.39, 0.29) is 31.3 Å². The van der Waals surface area contributed by atoms with Gasteiger partial charge in [0.15, 0.2) is 0 Å². The van der Waals surface area contributed by atoms with Crippen LogP contribution in [-0.4, -0.2) is 55.6 Å². The van der Waals surface area contributed by atoms with Gasteiger partial charge in [0.1, 0.15) is 6.33 Å². The Kier molecular flexibility index (Phi) is 6.59. The van der Waals surface area contributed by atoms with Crippen LogP contribution in [0.3, 0.4) is 0 Å². The number of halogens is 3. The van der Waals surface area contributed by atoms with Gasteiger partial charge in [0.2, 0.25) is 11.9 Å². The number of rotatable bonds is 6. The smallest absolute Gasteiger partial charge is 0.349 e. The molecule has 2 aromatic rings. The van der Waals surface area contributed by atoms with Gasteiger partial charge >= 0.3 is 6.18 Å². The summed E-state index contributed by atoms with van der Waals surface area (Å²) in [6, 6.07) is 1.56. The summed E-state index contributed by atoms with van der Waals surface area (Å²) in [6.45, 7) is 3.48. The van der Waals surface area contributed by atoms with Crippen molar-refractivity contribution in [1.82, 2.24) is 29.7 Å². The fourth-order valence-corrected chi connectivity index (χ4v) is 4.40. The van der Waals surface area contributed by atoms with Crippen LogP contribution in [0.2, 0.25) is 0 Å². The molecule has 1 fully saturated rings. The number of imidazole rings is 1. The zero-order valence-corrected chi connectivity index (χ0v) is 18.0. The maximum absolute atomic E-state index is 12.9. The summed E-state index contributed by atoms with van der Waals surface area (Å²) < 4.78 is 40.4. The van der Waals surface area contributed by atoms with Gasteiger partial charge in [0.05, 0.1) is 24.2 Å². The average Bonchev–Trinajstić information content (AvgIpc) is 3.44. The molecule has 0 radical (unpaired) electrons. The highest BCUT2D eigenvalue weighted by atomic mass is 19.4. The molecule has 2 atom stereocenters. The lowest BCUT2D eigenvalue weighted by Crippen LogP contribution is -2.44. The van der Waals surface area contributed by atoms with Crippen molar-refractivity contribution in [2.75, 3.05) is 13.1 Å². The number of hydrogen-bond donors (Lipinski definition) is 1. The number of amides is 1. The van der Waals surface area contributed by atoms with E-state index in [2.05, 4.69) is 25.2 Å². The fourth-order valence-electron chi connectivity index (χ4n) is 4.40. The molecular formula is C22H27F3N6O. The van der Waals surface area contributed by atoms with Gasteiger partial charge in [-0.2, -0.15) is 13.2 Å². The van der Waals surface area contributed by atoms with Crippen LogP contribution in [0.4, 0.5) is 13.2 Å². The molecule has 4 rings (SSSR count). The van der Waals surface area contributed by atoms with Gasteiger partial charge in [-0.3, -0.25) is 14.3 Å². The zero-order valence-electron chi connectivity index (χ0n) is 18.0. The summed E-state index contributed by atoms with van der Waals surface area (Å²) in [6.07, 6.45) is 4.85. The second-order valence-corrected chi connectivity index (χ2v) is 8.49. The number of hydrogen-bond acceptors (Lipinski definition) is 5. The second-order valence-electron chi connectivity index (χ2n) is 8.49. The quantitative estimate of drug-likeness (QED) is 0.686. The highest BCUT2D eigenvalue weighted by Crippen LogP contribution is 2.37. The van der Waals surface area contributed by atoms with Crippen LogP contribution >= 0.6 is 0 Å². The van der Waals surface area contributed by atoms with Crippen molar-refractivity contribution in [3.8, 4) is 5.95 Å². The third-order valence-corrected chi connectivity index (χ3v) is 6.11. The largest absolute Gasteiger partial charge is 0.392 e. The van der Waals surface area contributed by atoms with Crippen LogP contribution in [0.5, 0.6) is 0 Å². The number of aryl methyl sites for hydroxylation is 1. The standard InChI is InChI=1S/C22H27F3N6O/c1-15-11-18(29-21(28-15)31-10-8-26-14-31)12-27-20(32)19-3-2-9-30(19)13-16-4-6-17(7-5-16)22(23,24)25/h4,8,10-11,14,17,19H,2-3,5-7,9,12-13H2,1H3,(H,27,32). The minimum Gasteiger partial charge on any atom is -0.349 e. The third-order valence-electron chi connectivity index (χ3n) is 6.11. The van der Waals surface area contributed by atoms with Gasteiger partial charge in [-0.15, -0.1) is 0 Å². The predicted molar refractivity (Wildman–Crippen MR) is 112 cm³/mol. The van der Waals surface area contributed by atoms with Crippen molar-refractivity contribution >= 4 is 5.91 Å². The first-order valence-corrected chi connectivity index (χ1v) is 10.9. The van der Waals surface area contributed by atoms with Crippen molar-refractivity contribution in [3.63, 3.8) is 0 Å². The minimum atomic E-state index is -4.13. The molecule has 0 saturated carbocycles. The molecule has 1 aliphatic heterocycles. The lowest BCUT2D eigenvalue weighted by molar-refractivity contribution is -0.176. The highest BCUT2D eigenvalue weighted by Gasteiger charge is 2.40. The number of carbonyl (C=O) groups is 1. The Balaban J connectivity index is 1.34. The van der Waals surface area contributed by atoms with Crippen LogP contribution in [0.1, 0.15) is 43.5 Å². The van der Waals surface area contributed by atoms with E-state index in [9.17, 15) is 18.0 Å². The first-order chi connectivity index (χ1) is 15.3. The Hall–Kier alpha value is -2.75. The predicted octanol–water partition coefficient (Wildman–Crippen LogP) is 3.34. The third kappa shape index (κ3) is 5.35. The number of likely N-dealkylation sites (tertiary alicyclic amines) is 1. The molecule has 0 aromatic carbocycles. The maximum atomic E-state index is 12.9. The number of alkyl halides is 3. The van der Waals surface area contributed by atoms with Crippen LogP contribution in [-0.2, 0) is 11.3 Å². The van der Waals surface area contributed by atoms with E-state index in [0.717, 1.165) is 30.7 Å². The summed E-state index contributed by atoms with van der Waals surface area (Å²) in [4.78, 5) is 27.8. The Morgan fingerprint density at radius 2 is 2.12 bits per heavy atom. The SMILES string of the molecule is Cc1cc(CNC(=O)C2CCCN2CC2=CCC(C(F)(F)F)CC2)nc(-n2ccnc2)n1.